The van der Waals surface area contributed by atoms with Gasteiger partial charge in [-0.2, -0.15) is 13.2 Å². The van der Waals surface area contributed by atoms with Crippen LogP contribution in [0.25, 0.3) is 0 Å². The molecule has 0 fully saturated rings. The third-order valence-corrected chi connectivity index (χ3v) is 2.12. The standard InChI is InChI=1S/C8H9BrF3N3O/c9-6-3-7(14-5-13-6)15(1-2-16)4-8(10,11)12/h3,5,16H,1-2,4H2. The molecular formula is C8H9BrF3N3O. The Kier molecular flexibility index (Phi) is 4.48. The molecule has 0 aliphatic rings. The highest BCUT2D eigenvalue weighted by Crippen LogP contribution is 2.21. The van der Waals surface area contributed by atoms with Crippen molar-refractivity contribution >= 4 is 21.7 Å². The molecule has 0 radical (unpaired) electrons. The minimum atomic E-state index is -4.34. The first-order chi connectivity index (χ1) is 7.42. The van der Waals surface area contributed by atoms with Crippen molar-refractivity contribution in [2.75, 3.05) is 24.6 Å². The van der Waals surface area contributed by atoms with Crippen LogP contribution in [0.3, 0.4) is 0 Å². The van der Waals surface area contributed by atoms with E-state index in [4.69, 9.17) is 5.11 Å². The lowest BCUT2D eigenvalue weighted by Gasteiger charge is -2.23. The lowest BCUT2D eigenvalue weighted by molar-refractivity contribution is -0.120. The molecule has 1 rings (SSSR count). The first-order valence-corrected chi connectivity index (χ1v) is 5.12. The van der Waals surface area contributed by atoms with Gasteiger partial charge in [0.15, 0.2) is 0 Å². The smallest absolute Gasteiger partial charge is 0.395 e. The van der Waals surface area contributed by atoms with Crippen LogP contribution in [-0.2, 0) is 0 Å². The Morgan fingerprint density at radius 2 is 2.06 bits per heavy atom. The van der Waals surface area contributed by atoms with E-state index in [2.05, 4.69) is 25.9 Å². The largest absolute Gasteiger partial charge is 0.405 e. The van der Waals surface area contributed by atoms with E-state index in [1.807, 2.05) is 0 Å². The van der Waals surface area contributed by atoms with Crippen LogP contribution in [0.4, 0.5) is 19.0 Å². The summed E-state index contributed by atoms with van der Waals surface area (Å²) in [7, 11) is 0. The number of alkyl halides is 3. The van der Waals surface area contributed by atoms with Gasteiger partial charge in [0.25, 0.3) is 0 Å². The molecule has 0 bridgehead atoms. The average molecular weight is 300 g/mol. The maximum absolute atomic E-state index is 12.2. The molecule has 8 heteroatoms. The summed E-state index contributed by atoms with van der Waals surface area (Å²) in [5.41, 5.74) is 0. The third kappa shape index (κ3) is 4.31. The maximum atomic E-state index is 12.2. The number of halogens is 4. The summed E-state index contributed by atoms with van der Waals surface area (Å²) in [6.45, 7) is -1.67. The summed E-state index contributed by atoms with van der Waals surface area (Å²) in [5.74, 6) is 0.119. The van der Waals surface area contributed by atoms with Crippen molar-refractivity contribution in [3.8, 4) is 0 Å². The van der Waals surface area contributed by atoms with Gasteiger partial charge >= 0.3 is 6.18 Å². The SMILES string of the molecule is OCCN(CC(F)(F)F)c1cc(Br)ncn1. The van der Waals surface area contributed by atoms with E-state index >= 15 is 0 Å². The fraction of sp³-hybridized carbons (Fsp3) is 0.500. The molecule has 1 heterocycles. The molecule has 0 unspecified atom stereocenters. The predicted molar refractivity (Wildman–Crippen MR) is 55.1 cm³/mol. The summed E-state index contributed by atoms with van der Waals surface area (Å²) in [4.78, 5) is 8.37. The van der Waals surface area contributed by atoms with Crippen LogP contribution in [-0.4, -0.2) is 40.9 Å². The monoisotopic (exact) mass is 299 g/mol. The van der Waals surface area contributed by atoms with Crippen molar-refractivity contribution in [2.24, 2.45) is 0 Å². The molecule has 90 valence electrons. The number of aromatic nitrogens is 2. The number of aliphatic hydroxyl groups is 1. The summed E-state index contributed by atoms with van der Waals surface area (Å²) in [6, 6.07) is 1.36. The van der Waals surface area contributed by atoms with Gasteiger partial charge in [0.05, 0.1) is 6.61 Å². The van der Waals surface area contributed by atoms with Gasteiger partial charge in [0.1, 0.15) is 23.3 Å². The van der Waals surface area contributed by atoms with E-state index in [0.717, 1.165) is 11.2 Å². The van der Waals surface area contributed by atoms with Crippen molar-refractivity contribution in [2.45, 2.75) is 6.18 Å². The van der Waals surface area contributed by atoms with Gasteiger partial charge in [-0.3, -0.25) is 0 Å². The van der Waals surface area contributed by atoms with Gasteiger partial charge in [0, 0.05) is 12.6 Å². The topological polar surface area (TPSA) is 49.2 Å². The Morgan fingerprint density at radius 3 is 2.56 bits per heavy atom. The quantitative estimate of drug-likeness (QED) is 0.858. The zero-order valence-corrected chi connectivity index (χ0v) is 9.66. The molecular weight excluding hydrogens is 291 g/mol. The molecule has 1 aromatic rings. The van der Waals surface area contributed by atoms with Gasteiger partial charge in [-0.15, -0.1) is 0 Å². The predicted octanol–water partition coefficient (Wildman–Crippen LogP) is 1.60. The van der Waals surface area contributed by atoms with Crippen LogP contribution in [0.15, 0.2) is 17.0 Å². The number of hydrogen-bond acceptors (Lipinski definition) is 4. The van der Waals surface area contributed by atoms with Crippen LogP contribution >= 0.6 is 15.9 Å². The highest BCUT2D eigenvalue weighted by Gasteiger charge is 2.31. The summed E-state index contributed by atoms with van der Waals surface area (Å²) < 4.78 is 37.1. The van der Waals surface area contributed by atoms with E-state index in [1.165, 1.54) is 6.07 Å². The Bertz CT molecular complexity index is 348. The molecule has 0 saturated heterocycles. The molecule has 16 heavy (non-hydrogen) atoms. The van der Waals surface area contributed by atoms with Gasteiger partial charge in [-0.25, -0.2) is 9.97 Å². The van der Waals surface area contributed by atoms with E-state index < -0.39 is 12.7 Å². The van der Waals surface area contributed by atoms with Crippen molar-refractivity contribution in [1.82, 2.24) is 9.97 Å². The van der Waals surface area contributed by atoms with Crippen LogP contribution in [0.1, 0.15) is 0 Å². The zero-order valence-electron chi connectivity index (χ0n) is 8.08. The van der Waals surface area contributed by atoms with E-state index in [-0.39, 0.29) is 19.0 Å². The third-order valence-electron chi connectivity index (χ3n) is 1.68. The van der Waals surface area contributed by atoms with Crippen LogP contribution < -0.4 is 4.90 Å². The van der Waals surface area contributed by atoms with E-state index in [9.17, 15) is 13.2 Å². The van der Waals surface area contributed by atoms with E-state index in [1.54, 1.807) is 0 Å². The van der Waals surface area contributed by atoms with Crippen LogP contribution in [0, 0.1) is 0 Å². The van der Waals surface area contributed by atoms with Crippen molar-refractivity contribution in [1.29, 1.82) is 0 Å². The molecule has 0 amide bonds. The molecule has 1 N–H and O–H groups in total. The second kappa shape index (κ2) is 5.44. The molecule has 0 aromatic carbocycles. The first kappa shape index (κ1) is 13.2. The Hall–Kier alpha value is -0.890. The van der Waals surface area contributed by atoms with Crippen molar-refractivity contribution < 1.29 is 18.3 Å². The molecule has 0 aliphatic carbocycles. The highest BCUT2D eigenvalue weighted by atomic mass is 79.9. The highest BCUT2D eigenvalue weighted by molar-refractivity contribution is 9.10. The van der Waals surface area contributed by atoms with Gasteiger partial charge in [0.2, 0.25) is 0 Å². The normalized spacial score (nSPS) is 11.6. The second-order valence-electron chi connectivity index (χ2n) is 2.96. The minimum Gasteiger partial charge on any atom is -0.395 e. The number of nitrogens with zero attached hydrogens (tertiary/aromatic N) is 3. The molecule has 0 aliphatic heterocycles. The maximum Gasteiger partial charge on any atom is 0.405 e. The summed E-state index contributed by atoms with van der Waals surface area (Å²) in [5, 5.41) is 8.70. The average Bonchev–Trinajstić information content (AvgIpc) is 2.15. The van der Waals surface area contributed by atoms with Crippen molar-refractivity contribution in [3.63, 3.8) is 0 Å². The Morgan fingerprint density at radius 1 is 1.38 bits per heavy atom. The van der Waals surface area contributed by atoms with Gasteiger partial charge in [-0.05, 0) is 15.9 Å². The lowest BCUT2D eigenvalue weighted by atomic mass is 10.4. The van der Waals surface area contributed by atoms with Gasteiger partial charge < -0.3 is 10.0 Å². The number of hydrogen-bond donors (Lipinski definition) is 1. The van der Waals surface area contributed by atoms with Crippen LogP contribution in [0.2, 0.25) is 0 Å². The molecule has 1 aromatic heterocycles. The number of anilines is 1. The first-order valence-electron chi connectivity index (χ1n) is 4.32. The lowest BCUT2D eigenvalue weighted by Crippen LogP contribution is -2.36. The molecule has 0 spiro atoms. The van der Waals surface area contributed by atoms with Crippen molar-refractivity contribution in [3.05, 3.63) is 17.0 Å². The zero-order chi connectivity index (χ0) is 12.2. The molecule has 0 atom stereocenters. The minimum absolute atomic E-state index is 0.119. The fourth-order valence-corrected chi connectivity index (χ4v) is 1.41. The Balaban J connectivity index is 2.85. The second-order valence-corrected chi connectivity index (χ2v) is 3.77. The molecule has 4 nitrogen and oxygen atoms in total. The van der Waals surface area contributed by atoms with Crippen LogP contribution in [0.5, 0.6) is 0 Å². The summed E-state index contributed by atoms with van der Waals surface area (Å²) in [6.07, 6.45) is -3.19. The Labute approximate surface area is 98.2 Å². The molecule has 0 saturated carbocycles. The summed E-state index contributed by atoms with van der Waals surface area (Å²) >= 11 is 3.04. The van der Waals surface area contributed by atoms with Gasteiger partial charge in [-0.1, -0.05) is 0 Å². The number of aliphatic hydroxyl groups excluding tert-OH is 1. The fourth-order valence-electron chi connectivity index (χ4n) is 1.11. The van der Waals surface area contributed by atoms with E-state index in [0.29, 0.717) is 4.60 Å². The number of rotatable bonds is 4.